The summed E-state index contributed by atoms with van der Waals surface area (Å²) >= 11 is 7.38. The fraction of sp³-hybridized carbons (Fsp3) is 0.167. The van der Waals surface area contributed by atoms with E-state index in [9.17, 15) is 15.2 Å². The van der Waals surface area contributed by atoms with Crippen molar-refractivity contribution in [3.8, 4) is 17.3 Å². The Hall–Kier alpha value is -2.49. The Morgan fingerprint density at radius 3 is 2.84 bits per heavy atom. The van der Waals surface area contributed by atoms with Gasteiger partial charge in [-0.3, -0.25) is 9.78 Å². The summed E-state index contributed by atoms with van der Waals surface area (Å²) in [5.41, 5.74) is 2.78. The molecule has 0 aliphatic rings. The van der Waals surface area contributed by atoms with E-state index in [-0.39, 0.29) is 0 Å². The standard InChI is InChI=1S/C18H14ClN3O2S/c1-18(2,17(23)24)25-16-5-6-21-9-13(16)14-4-3-11(8-20)15-7-12(19)10-22(14)15/h3-7,9-10H,1-2H3,(H,23,24). The van der Waals surface area contributed by atoms with E-state index in [4.69, 9.17) is 11.6 Å². The van der Waals surface area contributed by atoms with E-state index in [2.05, 4.69) is 11.1 Å². The van der Waals surface area contributed by atoms with Gasteiger partial charge in [0.2, 0.25) is 0 Å². The number of halogens is 1. The van der Waals surface area contributed by atoms with Crippen LogP contribution >= 0.6 is 23.4 Å². The molecule has 7 heteroatoms. The molecule has 0 atom stereocenters. The van der Waals surface area contributed by atoms with Gasteiger partial charge < -0.3 is 9.51 Å². The third kappa shape index (κ3) is 3.21. The van der Waals surface area contributed by atoms with E-state index in [0.717, 1.165) is 16.2 Å². The predicted molar refractivity (Wildman–Crippen MR) is 97.9 cm³/mol. The molecule has 1 N–H and O–H groups in total. The van der Waals surface area contributed by atoms with E-state index >= 15 is 0 Å². The smallest absolute Gasteiger partial charge is 0.319 e. The highest BCUT2D eigenvalue weighted by Crippen LogP contribution is 2.39. The first kappa shape index (κ1) is 17.3. The van der Waals surface area contributed by atoms with Gasteiger partial charge in [-0.2, -0.15) is 5.26 Å². The van der Waals surface area contributed by atoms with Crippen molar-refractivity contribution in [3.63, 3.8) is 0 Å². The molecule has 3 rings (SSSR count). The number of hydrogen-bond donors (Lipinski definition) is 1. The number of pyridine rings is 2. The van der Waals surface area contributed by atoms with Crippen LogP contribution in [0.3, 0.4) is 0 Å². The minimum absolute atomic E-state index is 0.514. The molecule has 0 fully saturated rings. The van der Waals surface area contributed by atoms with Crippen LogP contribution in [0.25, 0.3) is 16.8 Å². The van der Waals surface area contributed by atoms with Gasteiger partial charge in [0.1, 0.15) is 10.8 Å². The summed E-state index contributed by atoms with van der Waals surface area (Å²) in [7, 11) is 0. The van der Waals surface area contributed by atoms with Crippen molar-refractivity contribution in [2.75, 3.05) is 0 Å². The molecule has 126 valence electrons. The number of nitriles is 1. The van der Waals surface area contributed by atoms with Gasteiger partial charge in [-0.05, 0) is 38.1 Å². The van der Waals surface area contributed by atoms with Crippen LogP contribution in [0, 0.1) is 11.3 Å². The molecule has 0 bridgehead atoms. The van der Waals surface area contributed by atoms with Gasteiger partial charge in [-0.25, -0.2) is 0 Å². The second kappa shape index (κ2) is 6.43. The number of aromatic nitrogens is 2. The number of carboxylic acid groups (broad SMARTS) is 1. The Morgan fingerprint density at radius 1 is 1.40 bits per heavy atom. The number of carboxylic acids is 1. The highest BCUT2D eigenvalue weighted by molar-refractivity contribution is 8.01. The van der Waals surface area contributed by atoms with Crippen LogP contribution in [0.1, 0.15) is 19.4 Å². The maximum atomic E-state index is 11.5. The zero-order valence-electron chi connectivity index (χ0n) is 13.5. The number of aliphatic carboxylic acids is 1. The number of rotatable bonds is 4. The van der Waals surface area contributed by atoms with Crippen LogP contribution in [-0.4, -0.2) is 25.2 Å². The van der Waals surface area contributed by atoms with Crippen LogP contribution in [-0.2, 0) is 4.79 Å². The van der Waals surface area contributed by atoms with Crippen molar-refractivity contribution >= 4 is 34.8 Å². The number of carbonyl (C=O) groups is 1. The summed E-state index contributed by atoms with van der Waals surface area (Å²) in [6.45, 7) is 3.32. The normalized spacial score (nSPS) is 11.4. The average Bonchev–Trinajstić information content (AvgIpc) is 2.95. The zero-order valence-corrected chi connectivity index (χ0v) is 15.1. The van der Waals surface area contributed by atoms with Crippen LogP contribution in [0.4, 0.5) is 0 Å². The quantitative estimate of drug-likeness (QED) is 0.684. The molecule has 0 aliphatic heterocycles. The Morgan fingerprint density at radius 2 is 2.16 bits per heavy atom. The minimum atomic E-state index is -0.990. The number of nitrogens with zero attached hydrogens (tertiary/aromatic N) is 3. The molecule has 3 heterocycles. The van der Waals surface area contributed by atoms with Crippen LogP contribution in [0.15, 0.2) is 47.8 Å². The van der Waals surface area contributed by atoms with Crippen molar-refractivity contribution in [3.05, 3.63) is 53.4 Å². The molecule has 0 aliphatic carbocycles. The molecule has 0 aromatic carbocycles. The Bertz CT molecular complexity index is 1020. The lowest BCUT2D eigenvalue weighted by molar-refractivity contribution is -0.138. The molecule has 0 spiro atoms. The average molecular weight is 372 g/mol. The Kier molecular flexibility index (Phi) is 4.46. The molecule has 25 heavy (non-hydrogen) atoms. The van der Waals surface area contributed by atoms with E-state index < -0.39 is 10.7 Å². The largest absolute Gasteiger partial charge is 0.480 e. The maximum absolute atomic E-state index is 11.5. The Labute approximate surface area is 153 Å². The van der Waals surface area contributed by atoms with Gasteiger partial charge in [0.25, 0.3) is 0 Å². The highest BCUT2D eigenvalue weighted by Gasteiger charge is 2.29. The molecule has 3 aromatic heterocycles. The van der Waals surface area contributed by atoms with Crippen molar-refractivity contribution in [1.29, 1.82) is 5.26 Å². The molecule has 0 saturated heterocycles. The van der Waals surface area contributed by atoms with Crippen molar-refractivity contribution in [2.45, 2.75) is 23.5 Å². The lowest BCUT2D eigenvalue weighted by atomic mass is 10.1. The van der Waals surface area contributed by atoms with E-state index in [1.165, 1.54) is 11.8 Å². The second-order valence-corrected chi connectivity index (χ2v) is 8.05. The number of fused-ring (bicyclic) bond motifs is 1. The fourth-order valence-electron chi connectivity index (χ4n) is 2.46. The molecule has 5 nitrogen and oxygen atoms in total. The first-order valence-corrected chi connectivity index (χ1v) is 8.60. The van der Waals surface area contributed by atoms with Gasteiger partial charge in [0.15, 0.2) is 0 Å². The van der Waals surface area contributed by atoms with Gasteiger partial charge in [0.05, 0.1) is 21.8 Å². The summed E-state index contributed by atoms with van der Waals surface area (Å²) < 4.78 is 0.839. The predicted octanol–water partition coefficient (Wildman–Crippen LogP) is 4.48. The summed E-state index contributed by atoms with van der Waals surface area (Å²) in [6.07, 6.45) is 5.05. The monoisotopic (exact) mass is 371 g/mol. The topological polar surface area (TPSA) is 78.4 Å². The van der Waals surface area contributed by atoms with Gasteiger partial charge in [-0.1, -0.05) is 11.6 Å². The van der Waals surface area contributed by atoms with E-state index in [0.29, 0.717) is 16.1 Å². The van der Waals surface area contributed by atoms with Gasteiger partial charge in [-0.15, -0.1) is 11.8 Å². The maximum Gasteiger partial charge on any atom is 0.319 e. The summed E-state index contributed by atoms with van der Waals surface area (Å²) in [5.74, 6) is -0.894. The number of hydrogen-bond acceptors (Lipinski definition) is 4. The summed E-state index contributed by atoms with van der Waals surface area (Å²) in [5, 5.41) is 19.2. The van der Waals surface area contributed by atoms with E-state index in [1.807, 2.05) is 10.5 Å². The molecular weight excluding hydrogens is 358 g/mol. The lowest BCUT2D eigenvalue weighted by Crippen LogP contribution is -2.27. The van der Waals surface area contributed by atoms with Crippen LogP contribution in [0.2, 0.25) is 5.02 Å². The molecule has 0 unspecified atom stereocenters. The SMILES string of the molecule is CC(C)(Sc1ccncc1-c1ccc(C#N)c2cc(Cl)cn12)C(=O)O. The van der Waals surface area contributed by atoms with Crippen molar-refractivity contribution in [2.24, 2.45) is 0 Å². The molecule has 3 aromatic rings. The third-order valence-corrected chi connectivity index (χ3v) is 5.26. The third-order valence-electron chi connectivity index (χ3n) is 3.79. The highest BCUT2D eigenvalue weighted by atomic mass is 35.5. The first-order chi connectivity index (χ1) is 11.8. The second-order valence-electron chi connectivity index (χ2n) is 5.95. The molecule has 0 amide bonds. The lowest BCUT2D eigenvalue weighted by Gasteiger charge is -2.20. The summed E-state index contributed by atoms with van der Waals surface area (Å²) in [4.78, 5) is 16.4. The molecule has 0 saturated carbocycles. The molecule has 0 radical (unpaired) electrons. The van der Waals surface area contributed by atoms with Crippen LogP contribution < -0.4 is 0 Å². The minimum Gasteiger partial charge on any atom is -0.480 e. The van der Waals surface area contributed by atoms with Gasteiger partial charge >= 0.3 is 5.97 Å². The molecular formula is C18H14ClN3O2S. The van der Waals surface area contributed by atoms with Gasteiger partial charge in [0, 0.05) is 29.0 Å². The zero-order chi connectivity index (χ0) is 18.2. The Balaban J connectivity index is 2.21. The van der Waals surface area contributed by atoms with Crippen molar-refractivity contribution in [1.82, 2.24) is 9.38 Å². The summed E-state index contributed by atoms with van der Waals surface area (Å²) in [6, 6.07) is 9.22. The van der Waals surface area contributed by atoms with E-state index in [1.54, 1.807) is 50.6 Å². The fourth-order valence-corrected chi connectivity index (χ4v) is 3.69. The number of thioether (sulfide) groups is 1. The van der Waals surface area contributed by atoms with Crippen LogP contribution in [0.5, 0.6) is 0 Å². The van der Waals surface area contributed by atoms with Crippen molar-refractivity contribution < 1.29 is 9.90 Å². The first-order valence-electron chi connectivity index (χ1n) is 7.41.